The Morgan fingerprint density at radius 1 is 1.00 bits per heavy atom. The lowest BCUT2D eigenvalue weighted by Crippen LogP contribution is -2.15. The van der Waals surface area contributed by atoms with Crippen LogP contribution in [-0.4, -0.2) is 39.9 Å². The Labute approximate surface area is 201 Å². The second-order valence-electron chi connectivity index (χ2n) is 7.53. The van der Waals surface area contributed by atoms with Gasteiger partial charge in [0.1, 0.15) is 11.5 Å². The quantitative estimate of drug-likeness (QED) is 0.356. The molecule has 1 heterocycles. The maximum atomic E-state index is 13.0. The number of carbonyl (C=O) groups is 1. The Balaban J connectivity index is 1.57. The van der Waals surface area contributed by atoms with E-state index in [0.717, 1.165) is 17.3 Å². The molecule has 4 aromatic rings. The first-order valence-electron chi connectivity index (χ1n) is 10.3. The summed E-state index contributed by atoms with van der Waals surface area (Å²) in [5.74, 6) is -0.317. The predicted octanol–water partition coefficient (Wildman–Crippen LogP) is 3.99. The first-order valence-corrected chi connectivity index (χ1v) is 13.0. The average molecular weight is 495 g/mol. The molecule has 34 heavy (non-hydrogen) atoms. The van der Waals surface area contributed by atoms with Crippen molar-refractivity contribution >= 4 is 33.2 Å². The number of nitrogens with one attached hydrogen (secondary N) is 1. The van der Waals surface area contributed by atoms with Crippen LogP contribution >= 0.6 is 11.8 Å². The SMILES string of the molecule is Cc1ccc(S(=O)(=O)Cc2nnc(SCC(=O)Nc3cccc(O)c3)n2-c2ccccc2)cc1. The van der Waals surface area contributed by atoms with E-state index < -0.39 is 9.84 Å². The fraction of sp³-hybridized carbons (Fsp3) is 0.125. The van der Waals surface area contributed by atoms with Gasteiger partial charge in [-0.15, -0.1) is 10.2 Å². The molecule has 0 saturated carbocycles. The number of carbonyl (C=O) groups excluding carboxylic acids is 1. The molecule has 0 spiro atoms. The monoisotopic (exact) mass is 494 g/mol. The number of phenols is 1. The summed E-state index contributed by atoms with van der Waals surface area (Å²) in [5.41, 5.74) is 2.13. The average Bonchev–Trinajstić information content (AvgIpc) is 3.20. The van der Waals surface area contributed by atoms with E-state index in [2.05, 4.69) is 15.5 Å². The number of rotatable bonds is 8. The number of benzene rings is 3. The van der Waals surface area contributed by atoms with Crippen molar-refractivity contribution in [3.8, 4) is 11.4 Å². The molecule has 0 aliphatic rings. The van der Waals surface area contributed by atoms with Crippen molar-refractivity contribution in [3.63, 3.8) is 0 Å². The number of phenolic OH excluding ortho intramolecular Hbond substituents is 1. The number of hydrogen-bond acceptors (Lipinski definition) is 7. The van der Waals surface area contributed by atoms with Crippen LogP contribution in [0, 0.1) is 6.92 Å². The van der Waals surface area contributed by atoms with Gasteiger partial charge in [-0.1, -0.05) is 53.7 Å². The van der Waals surface area contributed by atoms with Gasteiger partial charge in [0.15, 0.2) is 20.8 Å². The summed E-state index contributed by atoms with van der Waals surface area (Å²) in [6, 6.07) is 22.1. The third-order valence-electron chi connectivity index (χ3n) is 4.88. The number of amides is 1. The van der Waals surface area contributed by atoms with E-state index in [1.165, 1.54) is 12.1 Å². The fourth-order valence-electron chi connectivity index (χ4n) is 3.23. The standard InChI is InChI=1S/C24H22N4O4S2/c1-17-10-12-21(13-11-17)34(31,32)16-22-26-27-24(28(22)19-7-3-2-4-8-19)33-15-23(30)25-18-6-5-9-20(29)14-18/h2-14,29H,15-16H2,1H3,(H,25,30). The van der Waals surface area contributed by atoms with E-state index in [1.54, 1.807) is 41.0 Å². The fourth-order valence-corrected chi connectivity index (χ4v) is 5.25. The van der Waals surface area contributed by atoms with E-state index in [0.29, 0.717) is 16.5 Å². The summed E-state index contributed by atoms with van der Waals surface area (Å²) in [6.07, 6.45) is 0. The molecule has 0 aliphatic carbocycles. The highest BCUT2D eigenvalue weighted by atomic mass is 32.2. The third-order valence-corrected chi connectivity index (χ3v) is 7.43. The molecule has 0 bridgehead atoms. The van der Waals surface area contributed by atoms with Gasteiger partial charge in [0.2, 0.25) is 5.91 Å². The predicted molar refractivity (Wildman–Crippen MR) is 131 cm³/mol. The van der Waals surface area contributed by atoms with E-state index in [1.807, 2.05) is 37.3 Å². The molecule has 4 rings (SSSR count). The third kappa shape index (κ3) is 5.64. The maximum Gasteiger partial charge on any atom is 0.234 e. The largest absolute Gasteiger partial charge is 0.508 e. The molecular formula is C24H22N4O4S2. The Bertz CT molecular complexity index is 1400. The van der Waals surface area contributed by atoms with Crippen LogP contribution in [0.4, 0.5) is 5.69 Å². The number of anilines is 1. The van der Waals surface area contributed by atoms with Gasteiger partial charge >= 0.3 is 0 Å². The molecule has 0 atom stereocenters. The number of aryl methyl sites for hydroxylation is 1. The lowest BCUT2D eigenvalue weighted by molar-refractivity contribution is -0.113. The number of aromatic nitrogens is 3. The Morgan fingerprint density at radius 2 is 1.74 bits per heavy atom. The summed E-state index contributed by atoms with van der Waals surface area (Å²) in [6.45, 7) is 1.89. The van der Waals surface area contributed by atoms with Gasteiger partial charge in [-0.3, -0.25) is 9.36 Å². The van der Waals surface area contributed by atoms with Crippen molar-refractivity contribution < 1.29 is 18.3 Å². The van der Waals surface area contributed by atoms with Crippen molar-refractivity contribution in [1.82, 2.24) is 14.8 Å². The minimum atomic E-state index is -3.66. The van der Waals surface area contributed by atoms with Gasteiger partial charge < -0.3 is 10.4 Å². The van der Waals surface area contributed by atoms with Gasteiger partial charge in [0, 0.05) is 17.4 Å². The van der Waals surface area contributed by atoms with Crippen molar-refractivity contribution in [3.05, 3.63) is 90.3 Å². The minimum absolute atomic E-state index is 0.0192. The Kier molecular flexibility index (Phi) is 6.99. The maximum absolute atomic E-state index is 13.0. The van der Waals surface area contributed by atoms with E-state index >= 15 is 0 Å². The van der Waals surface area contributed by atoms with Crippen LogP contribution in [0.1, 0.15) is 11.4 Å². The van der Waals surface area contributed by atoms with Gasteiger partial charge in [-0.2, -0.15) is 0 Å². The molecule has 0 fully saturated rings. The summed E-state index contributed by atoms with van der Waals surface area (Å²) in [7, 11) is -3.66. The summed E-state index contributed by atoms with van der Waals surface area (Å²) < 4.78 is 27.7. The molecule has 1 amide bonds. The number of para-hydroxylation sites is 1. The van der Waals surface area contributed by atoms with Crippen molar-refractivity contribution in [2.24, 2.45) is 0 Å². The molecule has 2 N–H and O–H groups in total. The van der Waals surface area contributed by atoms with Crippen LogP contribution in [0.15, 0.2) is 88.9 Å². The summed E-state index contributed by atoms with van der Waals surface area (Å²) >= 11 is 1.14. The molecular weight excluding hydrogens is 472 g/mol. The van der Waals surface area contributed by atoms with Crippen LogP contribution in [0.2, 0.25) is 0 Å². The molecule has 10 heteroatoms. The zero-order chi connectivity index (χ0) is 24.1. The number of aromatic hydroxyl groups is 1. The first kappa shape index (κ1) is 23.5. The summed E-state index contributed by atoms with van der Waals surface area (Å²) in [5, 5.41) is 21.0. The Hall–Kier alpha value is -3.63. The lowest BCUT2D eigenvalue weighted by Gasteiger charge is -2.11. The van der Waals surface area contributed by atoms with Crippen LogP contribution < -0.4 is 5.32 Å². The number of hydrogen-bond donors (Lipinski definition) is 2. The highest BCUT2D eigenvalue weighted by molar-refractivity contribution is 7.99. The molecule has 1 aromatic heterocycles. The molecule has 0 unspecified atom stereocenters. The number of thioether (sulfide) groups is 1. The first-order chi connectivity index (χ1) is 16.3. The van der Waals surface area contributed by atoms with Crippen molar-refractivity contribution in [2.75, 3.05) is 11.1 Å². The lowest BCUT2D eigenvalue weighted by atomic mass is 10.2. The van der Waals surface area contributed by atoms with Gasteiger partial charge in [0.25, 0.3) is 0 Å². The molecule has 0 radical (unpaired) electrons. The number of nitrogens with zero attached hydrogens (tertiary/aromatic N) is 3. The van der Waals surface area contributed by atoms with Crippen molar-refractivity contribution in [1.29, 1.82) is 0 Å². The van der Waals surface area contributed by atoms with Crippen LogP contribution in [0.25, 0.3) is 5.69 Å². The number of sulfone groups is 1. The molecule has 0 saturated heterocycles. The van der Waals surface area contributed by atoms with E-state index in [-0.39, 0.29) is 33.9 Å². The van der Waals surface area contributed by atoms with Crippen LogP contribution in [0.3, 0.4) is 0 Å². The van der Waals surface area contributed by atoms with Gasteiger partial charge in [-0.05, 0) is 43.3 Å². The molecule has 8 nitrogen and oxygen atoms in total. The second kappa shape index (κ2) is 10.1. The normalized spacial score (nSPS) is 11.3. The van der Waals surface area contributed by atoms with Crippen LogP contribution in [0.5, 0.6) is 5.75 Å². The van der Waals surface area contributed by atoms with Gasteiger partial charge in [0.05, 0.1) is 10.6 Å². The summed E-state index contributed by atoms with van der Waals surface area (Å²) in [4.78, 5) is 12.6. The van der Waals surface area contributed by atoms with Crippen LogP contribution in [-0.2, 0) is 20.4 Å². The van der Waals surface area contributed by atoms with E-state index in [9.17, 15) is 18.3 Å². The Morgan fingerprint density at radius 3 is 2.44 bits per heavy atom. The minimum Gasteiger partial charge on any atom is -0.508 e. The highest BCUT2D eigenvalue weighted by Gasteiger charge is 2.23. The zero-order valence-electron chi connectivity index (χ0n) is 18.2. The topological polar surface area (TPSA) is 114 Å². The van der Waals surface area contributed by atoms with Crippen molar-refractivity contribution in [2.45, 2.75) is 22.7 Å². The second-order valence-corrected chi connectivity index (χ2v) is 10.5. The molecule has 3 aromatic carbocycles. The zero-order valence-corrected chi connectivity index (χ0v) is 19.9. The van der Waals surface area contributed by atoms with Gasteiger partial charge in [-0.25, -0.2) is 8.42 Å². The van der Waals surface area contributed by atoms with E-state index in [4.69, 9.17) is 0 Å². The highest BCUT2D eigenvalue weighted by Crippen LogP contribution is 2.25. The smallest absolute Gasteiger partial charge is 0.234 e. The molecule has 174 valence electrons. The molecule has 0 aliphatic heterocycles.